The van der Waals surface area contributed by atoms with Gasteiger partial charge in [0.2, 0.25) is 0 Å². The fourth-order valence-electron chi connectivity index (χ4n) is 8.31. The molecule has 0 saturated heterocycles. The van der Waals surface area contributed by atoms with E-state index in [0.717, 1.165) is 45.9 Å². The third kappa shape index (κ3) is 33.8. The van der Waals surface area contributed by atoms with Crippen molar-refractivity contribution < 1.29 is 9.47 Å². The Morgan fingerprint density at radius 3 is 1.05 bits per heavy atom. The van der Waals surface area contributed by atoms with Crippen molar-refractivity contribution in [1.29, 1.82) is 0 Å². The highest BCUT2D eigenvalue weighted by Gasteiger charge is 2.14. The standard InChI is InChI=1S/C54H95NO2/c1-3-5-7-9-11-13-15-17-19-21-23-25-27-29-31-39-47-56-51-54(45-46-55(49-52-41-35-33-36-42-52)50-53-43-37-34-38-44-53)57-48-40-32-30-28-26-24-22-20-18-16-14-12-10-8-6-4-2/h33-38,41-44,54H,3-32,39-40,45-51H2,1-2H3. The van der Waals surface area contributed by atoms with Gasteiger partial charge in [-0.05, 0) is 30.4 Å². The van der Waals surface area contributed by atoms with Crippen molar-refractivity contribution in [2.45, 2.75) is 245 Å². The first kappa shape index (κ1) is 51.5. The number of rotatable bonds is 44. The predicted molar refractivity (Wildman–Crippen MR) is 251 cm³/mol. The molecule has 0 fully saturated rings. The fourth-order valence-corrected chi connectivity index (χ4v) is 8.31. The largest absolute Gasteiger partial charge is 0.379 e. The summed E-state index contributed by atoms with van der Waals surface area (Å²) in [5.74, 6) is 0. The van der Waals surface area contributed by atoms with Crippen LogP contribution in [0.15, 0.2) is 60.7 Å². The highest BCUT2D eigenvalue weighted by atomic mass is 16.5. The van der Waals surface area contributed by atoms with Crippen LogP contribution in [0.5, 0.6) is 0 Å². The predicted octanol–water partition coefficient (Wildman–Crippen LogP) is 17.0. The van der Waals surface area contributed by atoms with Crippen LogP contribution in [0.3, 0.4) is 0 Å². The summed E-state index contributed by atoms with van der Waals surface area (Å²) in [7, 11) is 0. The molecule has 3 heteroatoms. The fraction of sp³-hybridized carbons (Fsp3) is 0.778. The van der Waals surface area contributed by atoms with Gasteiger partial charge >= 0.3 is 0 Å². The van der Waals surface area contributed by atoms with Gasteiger partial charge < -0.3 is 9.47 Å². The van der Waals surface area contributed by atoms with E-state index in [2.05, 4.69) is 79.4 Å². The summed E-state index contributed by atoms with van der Waals surface area (Å²) in [4.78, 5) is 2.59. The maximum absolute atomic E-state index is 6.59. The van der Waals surface area contributed by atoms with Gasteiger partial charge in [0.05, 0.1) is 12.7 Å². The number of benzene rings is 2. The summed E-state index contributed by atoms with van der Waals surface area (Å²) in [6.45, 7) is 10.00. The van der Waals surface area contributed by atoms with Gasteiger partial charge in [-0.25, -0.2) is 0 Å². The molecule has 0 aliphatic rings. The molecule has 2 aromatic carbocycles. The molecular formula is C54H95NO2. The minimum Gasteiger partial charge on any atom is -0.379 e. The molecule has 0 spiro atoms. The normalized spacial score (nSPS) is 12.2. The van der Waals surface area contributed by atoms with Gasteiger partial charge in [-0.2, -0.15) is 0 Å². The van der Waals surface area contributed by atoms with E-state index in [4.69, 9.17) is 9.47 Å². The molecule has 0 aromatic heterocycles. The lowest BCUT2D eigenvalue weighted by molar-refractivity contribution is -0.0269. The molecular weight excluding hydrogens is 695 g/mol. The summed E-state index contributed by atoms with van der Waals surface area (Å²) in [5, 5.41) is 0. The molecule has 0 amide bonds. The van der Waals surface area contributed by atoms with Crippen molar-refractivity contribution in [3.8, 4) is 0 Å². The zero-order valence-electron chi connectivity index (χ0n) is 38.2. The van der Waals surface area contributed by atoms with Gasteiger partial charge in [0.1, 0.15) is 0 Å². The minimum absolute atomic E-state index is 0.163. The molecule has 3 nitrogen and oxygen atoms in total. The number of hydrogen-bond donors (Lipinski definition) is 0. The Morgan fingerprint density at radius 2 is 0.702 bits per heavy atom. The van der Waals surface area contributed by atoms with Crippen LogP contribution in [-0.2, 0) is 22.6 Å². The van der Waals surface area contributed by atoms with Crippen molar-refractivity contribution in [1.82, 2.24) is 4.90 Å². The van der Waals surface area contributed by atoms with Crippen LogP contribution in [0.25, 0.3) is 0 Å². The van der Waals surface area contributed by atoms with Crippen LogP contribution in [0.1, 0.15) is 237 Å². The maximum atomic E-state index is 6.59. The second-order valence-corrected chi connectivity index (χ2v) is 17.6. The second kappa shape index (κ2) is 41.1. The highest BCUT2D eigenvalue weighted by Crippen LogP contribution is 2.17. The Labute approximate surface area is 356 Å². The third-order valence-electron chi connectivity index (χ3n) is 12.1. The SMILES string of the molecule is CCCCCCCCCCCCCCCCCCOCC(CCN(Cc1ccccc1)Cc1ccccc1)OCCCCCCCCCCCCCCCCCC. The van der Waals surface area contributed by atoms with Crippen LogP contribution < -0.4 is 0 Å². The minimum atomic E-state index is 0.163. The van der Waals surface area contributed by atoms with Crippen molar-refractivity contribution in [3.63, 3.8) is 0 Å². The van der Waals surface area contributed by atoms with E-state index in [0.29, 0.717) is 0 Å². The van der Waals surface area contributed by atoms with E-state index >= 15 is 0 Å². The molecule has 57 heavy (non-hydrogen) atoms. The zero-order valence-corrected chi connectivity index (χ0v) is 38.2. The van der Waals surface area contributed by atoms with Gasteiger partial charge in [0, 0.05) is 32.8 Å². The summed E-state index contributed by atoms with van der Waals surface area (Å²) in [5.41, 5.74) is 2.75. The molecule has 0 N–H and O–H groups in total. The lowest BCUT2D eigenvalue weighted by atomic mass is 10.0. The van der Waals surface area contributed by atoms with Crippen LogP contribution in [-0.4, -0.2) is 37.4 Å². The van der Waals surface area contributed by atoms with Crippen LogP contribution >= 0.6 is 0 Å². The van der Waals surface area contributed by atoms with Crippen LogP contribution in [0.2, 0.25) is 0 Å². The molecule has 1 atom stereocenters. The molecule has 1 unspecified atom stereocenters. The monoisotopic (exact) mass is 790 g/mol. The van der Waals surface area contributed by atoms with Crippen LogP contribution in [0.4, 0.5) is 0 Å². The lowest BCUT2D eigenvalue weighted by Crippen LogP contribution is -2.30. The molecule has 0 heterocycles. The van der Waals surface area contributed by atoms with E-state index in [1.165, 1.54) is 217 Å². The van der Waals surface area contributed by atoms with E-state index < -0.39 is 0 Å². The first-order chi connectivity index (χ1) is 28.3. The topological polar surface area (TPSA) is 21.7 Å². The summed E-state index contributed by atoms with van der Waals surface area (Å²) in [6.07, 6.45) is 46.0. The van der Waals surface area contributed by atoms with Crippen molar-refractivity contribution in [2.24, 2.45) is 0 Å². The van der Waals surface area contributed by atoms with Crippen LogP contribution in [0, 0.1) is 0 Å². The number of unbranched alkanes of at least 4 members (excludes halogenated alkanes) is 30. The Morgan fingerprint density at radius 1 is 0.386 bits per heavy atom. The molecule has 2 rings (SSSR count). The van der Waals surface area contributed by atoms with Gasteiger partial charge in [-0.1, -0.05) is 267 Å². The summed E-state index contributed by atoms with van der Waals surface area (Å²) in [6, 6.07) is 21.9. The molecule has 0 saturated carbocycles. The van der Waals surface area contributed by atoms with E-state index in [1.54, 1.807) is 0 Å². The highest BCUT2D eigenvalue weighted by molar-refractivity contribution is 5.17. The van der Waals surface area contributed by atoms with Crippen molar-refractivity contribution in [2.75, 3.05) is 26.4 Å². The smallest absolute Gasteiger partial charge is 0.0820 e. The summed E-state index contributed by atoms with van der Waals surface area (Å²) >= 11 is 0. The van der Waals surface area contributed by atoms with Gasteiger partial charge in [0.25, 0.3) is 0 Å². The van der Waals surface area contributed by atoms with E-state index in [-0.39, 0.29) is 6.10 Å². The molecule has 0 radical (unpaired) electrons. The van der Waals surface area contributed by atoms with Gasteiger partial charge in [-0.3, -0.25) is 4.90 Å². The Hall–Kier alpha value is -1.68. The van der Waals surface area contributed by atoms with Crippen molar-refractivity contribution in [3.05, 3.63) is 71.8 Å². The van der Waals surface area contributed by atoms with Gasteiger partial charge in [0.15, 0.2) is 0 Å². The Bertz CT molecular complexity index is 1000. The molecule has 0 aliphatic heterocycles. The molecule has 328 valence electrons. The second-order valence-electron chi connectivity index (χ2n) is 17.6. The van der Waals surface area contributed by atoms with Crippen molar-refractivity contribution >= 4 is 0 Å². The maximum Gasteiger partial charge on any atom is 0.0820 e. The third-order valence-corrected chi connectivity index (χ3v) is 12.1. The lowest BCUT2D eigenvalue weighted by Gasteiger charge is -2.26. The molecule has 0 bridgehead atoms. The van der Waals surface area contributed by atoms with Gasteiger partial charge in [-0.15, -0.1) is 0 Å². The number of ether oxygens (including phenoxy) is 2. The first-order valence-corrected chi connectivity index (χ1v) is 25.3. The Kier molecular flexibility index (Phi) is 37.1. The average molecular weight is 790 g/mol. The molecule has 0 aliphatic carbocycles. The average Bonchev–Trinajstić information content (AvgIpc) is 3.23. The first-order valence-electron chi connectivity index (χ1n) is 25.3. The molecule has 2 aromatic rings. The van der Waals surface area contributed by atoms with E-state index in [9.17, 15) is 0 Å². The number of hydrogen-bond acceptors (Lipinski definition) is 3. The quantitative estimate of drug-likeness (QED) is 0.0624. The summed E-state index contributed by atoms with van der Waals surface area (Å²) < 4.78 is 12.9. The Balaban J connectivity index is 1.61. The number of nitrogens with zero attached hydrogens (tertiary/aromatic N) is 1. The van der Waals surface area contributed by atoms with E-state index in [1.807, 2.05) is 0 Å². The zero-order chi connectivity index (χ0) is 40.4.